The van der Waals surface area contributed by atoms with Crippen LogP contribution in [0.3, 0.4) is 0 Å². The van der Waals surface area contributed by atoms with Gasteiger partial charge in [0.25, 0.3) is 0 Å². The molecule has 0 aliphatic heterocycles. The van der Waals surface area contributed by atoms with Gasteiger partial charge in [-0.3, -0.25) is 0 Å². The zero-order valence-corrected chi connectivity index (χ0v) is 12.5. The van der Waals surface area contributed by atoms with Crippen LogP contribution in [0.5, 0.6) is 0 Å². The van der Waals surface area contributed by atoms with E-state index in [2.05, 4.69) is 28.8 Å². The van der Waals surface area contributed by atoms with Crippen LogP contribution in [0.15, 0.2) is 0 Å². The summed E-state index contributed by atoms with van der Waals surface area (Å²) in [6.45, 7) is 6.17. The van der Waals surface area contributed by atoms with Crippen LogP contribution < -0.4 is 10.0 Å². The van der Waals surface area contributed by atoms with Crippen LogP contribution in [0, 0.1) is 5.41 Å². The number of sulfonamides is 1. The van der Waals surface area contributed by atoms with Gasteiger partial charge in [0.05, 0.1) is 5.75 Å². The number of hydrogen-bond donors (Lipinski definition) is 2. The lowest BCUT2D eigenvalue weighted by molar-refractivity contribution is 0.242. The van der Waals surface area contributed by atoms with Gasteiger partial charge in [0.2, 0.25) is 10.0 Å². The third-order valence-electron chi connectivity index (χ3n) is 2.35. The molecule has 0 saturated heterocycles. The summed E-state index contributed by atoms with van der Waals surface area (Å²) in [5.41, 5.74) is -0.0560. The van der Waals surface area contributed by atoms with Crippen molar-refractivity contribution in [3.05, 3.63) is 0 Å². The second-order valence-electron chi connectivity index (χ2n) is 5.50. The summed E-state index contributed by atoms with van der Waals surface area (Å²) in [5, 5.41) is 2.94. The fourth-order valence-electron chi connectivity index (χ4n) is 1.73. The van der Waals surface area contributed by atoms with Gasteiger partial charge < -0.3 is 10.2 Å². The lowest BCUT2D eigenvalue weighted by atomic mass is 9.93. The predicted octanol–water partition coefficient (Wildman–Crippen LogP) is 0.103. The highest BCUT2D eigenvalue weighted by atomic mass is 32.2. The smallest absolute Gasteiger partial charge is 0.211 e. The fourth-order valence-corrected chi connectivity index (χ4v) is 3.01. The van der Waals surface area contributed by atoms with Crippen molar-refractivity contribution in [3.8, 4) is 0 Å². The minimum Gasteiger partial charge on any atom is -0.320 e. The van der Waals surface area contributed by atoms with Crippen molar-refractivity contribution in [1.29, 1.82) is 0 Å². The lowest BCUT2D eigenvalue weighted by Gasteiger charge is -2.28. The number of nitrogens with one attached hydrogen (secondary N) is 2. The molecular weight excluding hydrogens is 238 g/mol. The van der Waals surface area contributed by atoms with Crippen molar-refractivity contribution in [2.75, 3.05) is 46.5 Å². The van der Waals surface area contributed by atoms with Crippen LogP contribution >= 0.6 is 0 Å². The maximum absolute atomic E-state index is 11.7. The largest absolute Gasteiger partial charge is 0.320 e. The van der Waals surface area contributed by atoms with E-state index in [9.17, 15) is 8.42 Å². The minimum atomic E-state index is -3.13. The molecule has 0 aromatic heterocycles. The first-order valence-electron chi connectivity index (χ1n) is 5.95. The van der Waals surface area contributed by atoms with Gasteiger partial charge in [-0.05, 0) is 39.5 Å². The molecule has 0 aromatic carbocycles. The van der Waals surface area contributed by atoms with Gasteiger partial charge in [-0.25, -0.2) is 13.1 Å². The summed E-state index contributed by atoms with van der Waals surface area (Å²) >= 11 is 0. The van der Waals surface area contributed by atoms with Crippen LogP contribution in [-0.4, -0.2) is 59.8 Å². The van der Waals surface area contributed by atoms with Gasteiger partial charge >= 0.3 is 0 Å². The molecule has 0 heterocycles. The van der Waals surface area contributed by atoms with Crippen molar-refractivity contribution in [3.63, 3.8) is 0 Å². The van der Waals surface area contributed by atoms with E-state index < -0.39 is 10.0 Å². The molecule has 0 aromatic rings. The Morgan fingerprint density at radius 2 is 1.82 bits per heavy atom. The monoisotopic (exact) mass is 265 g/mol. The standard InChI is InChI=1S/C11H27N3O2S/c1-11(2,10-14(4)5)9-13-17(15,16)8-6-7-12-3/h12-13H,6-10H2,1-5H3. The van der Waals surface area contributed by atoms with E-state index in [1.807, 2.05) is 21.1 Å². The topological polar surface area (TPSA) is 61.4 Å². The Balaban J connectivity index is 4.08. The maximum atomic E-state index is 11.7. The van der Waals surface area contributed by atoms with Gasteiger partial charge in [-0.2, -0.15) is 0 Å². The normalized spacial score (nSPS) is 13.3. The molecule has 0 saturated carbocycles. The summed E-state index contributed by atoms with van der Waals surface area (Å²) in [4.78, 5) is 2.06. The van der Waals surface area contributed by atoms with Crippen LogP contribution in [0.1, 0.15) is 20.3 Å². The van der Waals surface area contributed by atoms with E-state index in [0.717, 1.165) is 13.1 Å². The van der Waals surface area contributed by atoms with Gasteiger partial charge in [-0.1, -0.05) is 13.8 Å². The predicted molar refractivity (Wildman–Crippen MR) is 72.7 cm³/mol. The molecule has 0 radical (unpaired) electrons. The van der Waals surface area contributed by atoms with E-state index in [1.54, 1.807) is 0 Å². The molecule has 0 fully saturated rings. The van der Waals surface area contributed by atoms with Crippen molar-refractivity contribution < 1.29 is 8.42 Å². The molecule has 0 atom stereocenters. The Hall–Kier alpha value is -0.170. The van der Waals surface area contributed by atoms with Crippen molar-refractivity contribution in [2.24, 2.45) is 5.41 Å². The summed E-state index contributed by atoms with van der Waals surface area (Å²) in [5.74, 6) is 0.186. The molecule has 104 valence electrons. The molecule has 2 N–H and O–H groups in total. The first-order chi connectivity index (χ1) is 7.68. The summed E-state index contributed by atoms with van der Waals surface area (Å²) in [6.07, 6.45) is 0.639. The summed E-state index contributed by atoms with van der Waals surface area (Å²) in [6, 6.07) is 0. The molecule has 17 heavy (non-hydrogen) atoms. The quantitative estimate of drug-likeness (QED) is 0.581. The van der Waals surface area contributed by atoms with Crippen LogP contribution in [-0.2, 0) is 10.0 Å². The third-order valence-corrected chi connectivity index (χ3v) is 3.77. The van der Waals surface area contributed by atoms with Crippen LogP contribution in [0.2, 0.25) is 0 Å². The Labute approximate surface area is 106 Å². The van der Waals surface area contributed by atoms with Crippen LogP contribution in [0.4, 0.5) is 0 Å². The van der Waals surface area contributed by atoms with E-state index in [4.69, 9.17) is 0 Å². The van der Waals surface area contributed by atoms with Crippen molar-refractivity contribution >= 4 is 10.0 Å². The molecule has 0 spiro atoms. The highest BCUT2D eigenvalue weighted by Gasteiger charge is 2.21. The zero-order chi connectivity index (χ0) is 13.5. The first-order valence-corrected chi connectivity index (χ1v) is 7.60. The summed E-state index contributed by atoms with van der Waals surface area (Å²) < 4.78 is 26.1. The average Bonchev–Trinajstić information content (AvgIpc) is 2.14. The second-order valence-corrected chi connectivity index (χ2v) is 7.43. The SMILES string of the molecule is CNCCCS(=O)(=O)NCC(C)(C)CN(C)C. The third kappa shape index (κ3) is 9.52. The number of rotatable bonds is 9. The molecule has 0 aliphatic rings. The van der Waals surface area contributed by atoms with E-state index in [1.165, 1.54) is 0 Å². The molecule has 0 amide bonds. The summed E-state index contributed by atoms with van der Waals surface area (Å²) in [7, 11) is 2.67. The minimum absolute atomic E-state index is 0.0560. The Kier molecular flexibility index (Phi) is 7.23. The Bertz CT molecular complexity index is 300. The van der Waals surface area contributed by atoms with Gasteiger partial charge in [0.1, 0.15) is 0 Å². The molecule has 0 aliphatic carbocycles. The average molecular weight is 265 g/mol. The van der Waals surface area contributed by atoms with Gasteiger partial charge in [-0.15, -0.1) is 0 Å². The van der Waals surface area contributed by atoms with Gasteiger partial charge in [0.15, 0.2) is 0 Å². The maximum Gasteiger partial charge on any atom is 0.211 e. The Morgan fingerprint density at radius 3 is 2.29 bits per heavy atom. The van der Waals surface area contributed by atoms with Gasteiger partial charge in [0, 0.05) is 13.1 Å². The Morgan fingerprint density at radius 1 is 1.24 bits per heavy atom. The second kappa shape index (κ2) is 7.31. The molecule has 0 rings (SSSR count). The number of nitrogens with zero attached hydrogens (tertiary/aromatic N) is 1. The first kappa shape index (κ1) is 16.8. The highest BCUT2D eigenvalue weighted by Crippen LogP contribution is 2.14. The van der Waals surface area contributed by atoms with Crippen molar-refractivity contribution in [2.45, 2.75) is 20.3 Å². The van der Waals surface area contributed by atoms with E-state index >= 15 is 0 Å². The highest BCUT2D eigenvalue weighted by molar-refractivity contribution is 7.89. The zero-order valence-electron chi connectivity index (χ0n) is 11.7. The molecule has 6 heteroatoms. The van der Waals surface area contributed by atoms with Crippen molar-refractivity contribution in [1.82, 2.24) is 14.9 Å². The van der Waals surface area contributed by atoms with E-state index in [0.29, 0.717) is 13.0 Å². The molecule has 0 bridgehead atoms. The molecular formula is C11H27N3O2S. The van der Waals surface area contributed by atoms with E-state index in [-0.39, 0.29) is 11.2 Å². The molecule has 5 nitrogen and oxygen atoms in total. The number of hydrogen-bond acceptors (Lipinski definition) is 4. The van der Waals surface area contributed by atoms with Crippen LogP contribution in [0.25, 0.3) is 0 Å². The lowest BCUT2D eigenvalue weighted by Crippen LogP contribution is -2.40. The molecule has 0 unspecified atom stereocenters. The fraction of sp³-hybridized carbons (Fsp3) is 1.00.